The molecule has 2 aromatic rings. The Bertz CT molecular complexity index is 727. The molecule has 0 N–H and O–H groups in total. The Morgan fingerprint density at radius 1 is 0.818 bits per heavy atom. The summed E-state index contributed by atoms with van der Waals surface area (Å²) in [6, 6.07) is 14.0. The first kappa shape index (κ1) is 15.9. The maximum atomic E-state index is 2.44. The van der Waals surface area contributed by atoms with Gasteiger partial charge in [0.1, 0.15) is 0 Å². The second-order valence-electron chi connectivity index (χ2n) is 8.79. The molecule has 0 aromatic heterocycles. The molecule has 3 rings (SSSR count). The Kier molecular flexibility index (Phi) is 3.63. The molecule has 0 nitrogen and oxygen atoms in total. The van der Waals surface area contributed by atoms with Crippen LogP contribution < -0.4 is 0 Å². The SMILES string of the molecule is [Li][CH]1c2ccc(C(C)(C)C)cc2-c2c1cccc2C(C)(C)C. The summed E-state index contributed by atoms with van der Waals surface area (Å²) in [4.78, 5) is 0. The van der Waals surface area contributed by atoms with Crippen LogP contribution in [0.4, 0.5) is 0 Å². The number of hydrogen-bond donors (Lipinski definition) is 0. The van der Waals surface area contributed by atoms with Crippen LogP contribution in [0.3, 0.4) is 0 Å². The van der Waals surface area contributed by atoms with E-state index in [4.69, 9.17) is 0 Å². The molecule has 0 aliphatic heterocycles. The van der Waals surface area contributed by atoms with Gasteiger partial charge in [-0.15, -0.1) is 0 Å². The molecular formula is C21H25Li. The Hall–Kier alpha value is -0.963. The van der Waals surface area contributed by atoms with Crippen LogP contribution in [0.1, 0.15) is 68.4 Å². The molecule has 0 radical (unpaired) electrons. The molecule has 0 amide bonds. The number of benzene rings is 2. The molecule has 0 fully saturated rings. The zero-order valence-electron chi connectivity index (χ0n) is 15.0. The van der Waals surface area contributed by atoms with Crippen LogP contribution in [0.25, 0.3) is 11.1 Å². The molecule has 0 saturated carbocycles. The van der Waals surface area contributed by atoms with Gasteiger partial charge >= 0.3 is 144 Å². The van der Waals surface area contributed by atoms with Gasteiger partial charge in [0, 0.05) is 0 Å². The normalized spacial score (nSPS) is 17.4. The van der Waals surface area contributed by atoms with E-state index in [1.807, 2.05) is 0 Å². The molecule has 0 saturated heterocycles. The molecule has 1 unspecified atom stereocenters. The Labute approximate surface area is 144 Å². The van der Waals surface area contributed by atoms with Crippen LogP contribution >= 0.6 is 0 Å². The van der Waals surface area contributed by atoms with Crippen LogP contribution in [0.2, 0.25) is 0 Å². The van der Waals surface area contributed by atoms with Crippen LogP contribution in [0.15, 0.2) is 36.4 Å². The number of rotatable bonds is 0. The third kappa shape index (κ3) is 2.47. The summed E-state index contributed by atoms with van der Waals surface area (Å²) >= 11 is 2.34. The summed E-state index contributed by atoms with van der Waals surface area (Å²) in [6.07, 6.45) is 0. The van der Waals surface area contributed by atoms with E-state index in [9.17, 15) is 0 Å². The maximum absolute atomic E-state index is 2.44. The van der Waals surface area contributed by atoms with Crippen molar-refractivity contribution in [3.63, 3.8) is 0 Å². The summed E-state index contributed by atoms with van der Waals surface area (Å²) in [5.74, 6) is 0. The molecule has 0 heterocycles. The van der Waals surface area contributed by atoms with Crippen molar-refractivity contribution in [2.75, 3.05) is 0 Å². The second-order valence-corrected chi connectivity index (χ2v) is 8.79. The molecule has 1 aliphatic carbocycles. The van der Waals surface area contributed by atoms with E-state index in [0.29, 0.717) is 4.59 Å². The van der Waals surface area contributed by atoms with E-state index < -0.39 is 0 Å². The fraction of sp³-hybridized carbons (Fsp3) is 0.429. The van der Waals surface area contributed by atoms with Gasteiger partial charge < -0.3 is 0 Å². The van der Waals surface area contributed by atoms with E-state index in [-0.39, 0.29) is 10.8 Å². The van der Waals surface area contributed by atoms with E-state index >= 15 is 0 Å². The van der Waals surface area contributed by atoms with Crippen molar-refractivity contribution in [1.82, 2.24) is 0 Å². The van der Waals surface area contributed by atoms with Crippen molar-refractivity contribution < 1.29 is 0 Å². The van der Waals surface area contributed by atoms with Gasteiger partial charge in [-0.25, -0.2) is 0 Å². The summed E-state index contributed by atoms with van der Waals surface area (Å²) in [5.41, 5.74) is 9.19. The molecule has 0 spiro atoms. The summed E-state index contributed by atoms with van der Waals surface area (Å²) < 4.78 is 0.501. The van der Waals surface area contributed by atoms with Gasteiger partial charge in [0.05, 0.1) is 0 Å². The zero-order valence-corrected chi connectivity index (χ0v) is 15.0. The molecule has 1 atom stereocenters. The first-order valence-electron chi connectivity index (χ1n) is 8.39. The Morgan fingerprint density at radius 2 is 1.50 bits per heavy atom. The Morgan fingerprint density at radius 3 is 2.09 bits per heavy atom. The minimum absolute atomic E-state index is 0.171. The van der Waals surface area contributed by atoms with Gasteiger partial charge in [0.2, 0.25) is 0 Å². The molecular weight excluding hydrogens is 259 g/mol. The number of hydrogen-bond acceptors (Lipinski definition) is 0. The van der Waals surface area contributed by atoms with Gasteiger partial charge in [-0.1, -0.05) is 0 Å². The predicted molar refractivity (Wildman–Crippen MR) is 96.9 cm³/mol. The molecule has 1 aliphatic rings. The summed E-state index contributed by atoms with van der Waals surface area (Å²) in [7, 11) is 0. The quantitative estimate of drug-likeness (QED) is 0.559. The van der Waals surface area contributed by atoms with Gasteiger partial charge in [-0.3, -0.25) is 0 Å². The van der Waals surface area contributed by atoms with Crippen molar-refractivity contribution in [3.8, 4) is 11.1 Å². The first-order chi connectivity index (χ1) is 10.1. The minimum atomic E-state index is 0.171. The Balaban J connectivity index is 2.31. The summed E-state index contributed by atoms with van der Waals surface area (Å²) in [5, 5.41) is 0. The fourth-order valence-corrected chi connectivity index (χ4v) is 3.64. The average Bonchev–Trinajstić information content (AvgIpc) is 2.70. The van der Waals surface area contributed by atoms with E-state index in [0.717, 1.165) is 0 Å². The third-order valence-corrected chi connectivity index (χ3v) is 5.03. The van der Waals surface area contributed by atoms with Crippen LogP contribution in [-0.4, -0.2) is 17.7 Å². The van der Waals surface area contributed by atoms with Gasteiger partial charge in [0.25, 0.3) is 0 Å². The molecule has 0 bridgehead atoms. The van der Waals surface area contributed by atoms with Crippen LogP contribution in [-0.2, 0) is 10.8 Å². The molecule has 110 valence electrons. The monoisotopic (exact) mass is 284 g/mol. The zero-order chi connectivity index (χ0) is 16.3. The molecule has 2 aromatic carbocycles. The summed E-state index contributed by atoms with van der Waals surface area (Å²) in [6.45, 7) is 13.8. The standard InChI is InChI=1S/C21H25.Li/c1-20(2,3)16-11-10-14-12-15-8-7-9-18(21(4,5)6)19(15)17(14)13-16;/h7-13H,1-6H3;. The van der Waals surface area contributed by atoms with E-state index in [1.165, 1.54) is 33.4 Å². The molecule has 22 heavy (non-hydrogen) atoms. The first-order valence-corrected chi connectivity index (χ1v) is 8.39. The van der Waals surface area contributed by atoms with Crippen molar-refractivity contribution in [3.05, 3.63) is 58.7 Å². The average molecular weight is 284 g/mol. The van der Waals surface area contributed by atoms with Crippen molar-refractivity contribution in [1.29, 1.82) is 0 Å². The third-order valence-electron chi connectivity index (χ3n) is 5.03. The number of fused-ring (bicyclic) bond motifs is 3. The van der Waals surface area contributed by atoms with E-state index in [1.54, 1.807) is 0 Å². The second kappa shape index (κ2) is 5.02. The fourth-order valence-electron chi connectivity index (χ4n) is 3.64. The topological polar surface area (TPSA) is 0 Å². The van der Waals surface area contributed by atoms with Gasteiger partial charge in [0.15, 0.2) is 0 Å². The van der Waals surface area contributed by atoms with Crippen LogP contribution in [0.5, 0.6) is 0 Å². The van der Waals surface area contributed by atoms with Crippen LogP contribution in [0, 0.1) is 0 Å². The van der Waals surface area contributed by atoms with Crippen molar-refractivity contribution >= 4 is 17.7 Å². The van der Waals surface area contributed by atoms with Gasteiger partial charge in [-0.2, -0.15) is 0 Å². The van der Waals surface area contributed by atoms with Crippen molar-refractivity contribution in [2.24, 2.45) is 0 Å². The van der Waals surface area contributed by atoms with Crippen molar-refractivity contribution in [2.45, 2.75) is 57.0 Å². The van der Waals surface area contributed by atoms with Gasteiger partial charge in [-0.05, 0) is 0 Å². The molecule has 1 heteroatoms. The van der Waals surface area contributed by atoms with E-state index in [2.05, 4.69) is 95.7 Å². The predicted octanol–water partition coefficient (Wildman–Crippen LogP) is 5.52.